The Labute approximate surface area is 125 Å². The smallest absolute Gasteiger partial charge is 0.272 e. The van der Waals surface area contributed by atoms with E-state index in [1.54, 1.807) is 12.5 Å². The quantitative estimate of drug-likeness (QED) is 0.907. The van der Waals surface area contributed by atoms with Crippen molar-refractivity contribution in [2.45, 2.75) is 31.8 Å². The Kier molecular flexibility index (Phi) is 4.87. The maximum absolute atomic E-state index is 12.4. The van der Waals surface area contributed by atoms with Crippen molar-refractivity contribution in [1.29, 1.82) is 0 Å². The predicted octanol–water partition coefficient (Wildman–Crippen LogP) is 1.13. The molecule has 116 valence electrons. The second-order valence-corrected chi connectivity index (χ2v) is 5.92. The van der Waals surface area contributed by atoms with Gasteiger partial charge in [-0.05, 0) is 32.4 Å². The number of carbonyl (C=O) groups is 1. The summed E-state index contributed by atoms with van der Waals surface area (Å²) in [7, 11) is 0. The molecule has 0 aliphatic carbocycles. The Morgan fingerprint density at radius 1 is 1.29 bits per heavy atom. The van der Waals surface area contributed by atoms with Gasteiger partial charge in [-0.25, -0.2) is 4.98 Å². The zero-order valence-corrected chi connectivity index (χ0v) is 12.5. The van der Waals surface area contributed by atoms with Crippen LogP contribution in [0.3, 0.4) is 0 Å². The van der Waals surface area contributed by atoms with Gasteiger partial charge in [-0.3, -0.25) is 4.79 Å². The number of aromatic amines is 1. The lowest BCUT2D eigenvalue weighted by atomic mass is 10.1. The summed E-state index contributed by atoms with van der Waals surface area (Å²) in [5, 5.41) is 0. The molecule has 6 nitrogen and oxygen atoms in total. The van der Waals surface area contributed by atoms with Crippen LogP contribution in [0.15, 0.2) is 12.5 Å². The molecule has 1 amide bonds. The molecule has 1 atom stereocenters. The van der Waals surface area contributed by atoms with Gasteiger partial charge in [-0.1, -0.05) is 6.42 Å². The maximum Gasteiger partial charge on any atom is 0.272 e. The molecule has 2 fully saturated rings. The van der Waals surface area contributed by atoms with E-state index in [1.165, 1.54) is 19.3 Å². The Morgan fingerprint density at radius 2 is 2.14 bits per heavy atom. The van der Waals surface area contributed by atoms with Gasteiger partial charge >= 0.3 is 0 Å². The third-order valence-electron chi connectivity index (χ3n) is 4.28. The summed E-state index contributed by atoms with van der Waals surface area (Å²) in [4.78, 5) is 23.6. The number of ether oxygens (including phenoxy) is 1. The summed E-state index contributed by atoms with van der Waals surface area (Å²) in [6.45, 7) is 5.43. The Bertz CT molecular complexity index is 443. The fourth-order valence-electron chi connectivity index (χ4n) is 3.16. The minimum atomic E-state index is 0.0293. The highest BCUT2D eigenvalue weighted by atomic mass is 16.5. The van der Waals surface area contributed by atoms with Gasteiger partial charge in [0.05, 0.1) is 18.6 Å². The molecule has 1 aromatic rings. The van der Waals surface area contributed by atoms with Crippen molar-refractivity contribution in [1.82, 2.24) is 19.8 Å². The first-order valence-electron chi connectivity index (χ1n) is 7.94. The minimum Gasteiger partial charge on any atom is -0.375 e. The molecule has 2 aliphatic rings. The zero-order chi connectivity index (χ0) is 14.5. The predicted molar refractivity (Wildman–Crippen MR) is 79.1 cm³/mol. The Balaban J connectivity index is 1.59. The van der Waals surface area contributed by atoms with Gasteiger partial charge in [-0.2, -0.15) is 0 Å². The lowest BCUT2D eigenvalue weighted by Gasteiger charge is -2.31. The van der Waals surface area contributed by atoms with Crippen LogP contribution in [0.25, 0.3) is 0 Å². The van der Waals surface area contributed by atoms with Crippen molar-refractivity contribution < 1.29 is 9.53 Å². The Morgan fingerprint density at radius 3 is 2.90 bits per heavy atom. The van der Waals surface area contributed by atoms with Crippen LogP contribution >= 0.6 is 0 Å². The number of rotatable bonds is 3. The van der Waals surface area contributed by atoms with E-state index in [0.717, 1.165) is 39.2 Å². The van der Waals surface area contributed by atoms with E-state index in [2.05, 4.69) is 14.9 Å². The summed E-state index contributed by atoms with van der Waals surface area (Å²) in [5.74, 6) is 0.0293. The number of likely N-dealkylation sites (tertiary alicyclic amines) is 1. The normalized spacial score (nSPS) is 24.8. The first kappa shape index (κ1) is 14.5. The maximum atomic E-state index is 12.4. The molecule has 0 saturated carbocycles. The van der Waals surface area contributed by atoms with E-state index in [1.807, 2.05) is 4.90 Å². The van der Waals surface area contributed by atoms with Gasteiger partial charge in [0.25, 0.3) is 5.91 Å². The molecule has 1 unspecified atom stereocenters. The molecular weight excluding hydrogens is 268 g/mol. The van der Waals surface area contributed by atoms with Crippen molar-refractivity contribution in [2.24, 2.45) is 0 Å². The summed E-state index contributed by atoms with van der Waals surface area (Å²) < 4.78 is 5.94. The van der Waals surface area contributed by atoms with Gasteiger partial charge < -0.3 is 19.5 Å². The van der Waals surface area contributed by atoms with Crippen LogP contribution in [0.2, 0.25) is 0 Å². The molecule has 0 radical (unpaired) electrons. The lowest BCUT2D eigenvalue weighted by Crippen LogP contribution is -2.43. The van der Waals surface area contributed by atoms with Crippen LogP contribution in [-0.2, 0) is 4.74 Å². The highest BCUT2D eigenvalue weighted by Gasteiger charge is 2.26. The number of aromatic nitrogens is 2. The van der Waals surface area contributed by atoms with Crippen molar-refractivity contribution in [3.63, 3.8) is 0 Å². The SMILES string of the molecule is O=C(c1cnc[nH]1)N1CCCOC(CN2CCCCC2)C1. The zero-order valence-electron chi connectivity index (χ0n) is 12.5. The molecular formula is C15H24N4O2. The third-order valence-corrected chi connectivity index (χ3v) is 4.28. The van der Waals surface area contributed by atoms with E-state index in [4.69, 9.17) is 4.74 Å². The summed E-state index contributed by atoms with van der Waals surface area (Å²) in [6, 6.07) is 0. The molecule has 0 spiro atoms. The summed E-state index contributed by atoms with van der Waals surface area (Å²) in [6.07, 6.45) is 8.06. The van der Waals surface area contributed by atoms with E-state index in [9.17, 15) is 4.79 Å². The third kappa shape index (κ3) is 3.83. The van der Waals surface area contributed by atoms with Gasteiger partial charge in [0.2, 0.25) is 0 Å². The molecule has 0 bridgehead atoms. The number of nitrogens with one attached hydrogen (secondary N) is 1. The second kappa shape index (κ2) is 7.04. The largest absolute Gasteiger partial charge is 0.375 e. The number of nitrogens with zero attached hydrogens (tertiary/aromatic N) is 3. The number of imidazole rings is 1. The number of H-pyrrole nitrogens is 1. The molecule has 1 aromatic heterocycles. The van der Waals surface area contributed by atoms with Crippen LogP contribution in [0.1, 0.15) is 36.2 Å². The van der Waals surface area contributed by atoms with Gasteiger partial charge in [0.15, 0.2) is 0 Å². The highest BCUT2D eigenvalue weighted by Crippen LogP contribution is 2.14. The average molecular weight is 292 g/mol. The number of amides is 1. The highest BCUT2D eigenvalue weighted by molar-refractivity contribution is 5.92. The monoisotopic (exact) mass is 292 g/mol. The van der Waals surface area contributed by atoms with E-state index >= 15 is 0 Å². The van der Waals surface area contributed by atoms with Crippen LogP contribution in [0.4, 0.5) is 0 Å². The molecule has 21 heavy (non-hydrogen) atoms. The van der Waals surface area contributed by atoms with Crippen LogP contribution in [0.5, 0.6) is 0 Å². The number of hydrogen-bond donors (Lipinski definition) is 1. The van der Waals surface area contributed by atoms with Crippen molar-refractivity contribution in [2.75, 3.05) is 39.3 Å². The van der Waals surface area contributed by atoms with Crippen molar-refractivity contribution in [3.05, 3.63) is 18.2 Å². The number of piperidine rings is 1. The topological polar surface area (TPSA) is 61.5 Å². The molecule has 2 aliphatic heterocycles. The molecule has 2 saturated heterocycles. The average Bonchev–Trinajstić information content (AvgIpc) is 2.95. The van der Waals surface area contributed by atoms with Crippen molar-refractivity contribution in [3.8, 4) is 0 Å². The van der Waals surface area contributed by atoms with Gasteiger partial charge in [-0.15, -0.1) is 0 Å². The minimum absolute atomic E-state index is 0.0293. The van der Waals surface area contributed by atoms with Crippen LogP contribution in [-0.4, -0.2) is 71.1 Å². The van der Waals surface area contributed by atoms with E-state index in [0.29, 0.717) is 12.2 Å². The standard InChI is InChI=1S/C15H24N4O2/c20-15(14-9-16-12-17-14)19-7-4-8-21-13(11-19)10-18-5-2-1-3-6-18/h9,12-13H,1-8,10-11H2,(H,16,17). The summed E-state index contributed by atoms with van der Waals surface area (Å²) in [5.41, 5.74) is 0.564. The molecule has 0 aromatic carbocycles. The molecule has 3 rings (SSSR count). The van der Waals surface area contributed by atoms with Gasteiger partial charge in [0.1, 0.15) is 5.69 Å². The first-order chi connectivity index (χ1) is 10.3. The van der Waals surface area contributed by atoms with Crippen LogP contribution < -0.4 is 0 Å². The lowest BCUT2D eigenvalue weighted by molar-refractivity contribution is 0.0215. The second-order valence-electron chi connectivity index (χ2n) is 5.92. The first-order valence-corrected chi connectivity index (χ1v) is 7.94. The fraction of sp³-hybridized carbons (Fsp3) is 0.733. The molecule has 6 heteroatoms. The van der Waals surface area contributed by atoms with Crippen LogP contribution in [0, 0.1) is 0 Å². The number of carbonyl (C=O) groups excluding carboxylic acids is 1. The fourth-order valence-corrected chi connectivity index (χ4v) is 3.16. The van der Waals surface area contributed by atoms with E-state index in [-0.39, 0.29) is 12.0 Å². The number of hydrogen-bond acceptors (Lipinski definition) is 4. The van der Waals surface area contributed by atoms with Gasteiger partial charge in [0, 0.05) is 26.2 Å². The Hall–Kier alpha value is -1.40. The molecule has 1 N–H and O–H groups in total. The van der Waals surface area contributed by atoms with Crippen molar-refractivity contribution >= 4 is 5.91 Å². The molecule has 3 heterocycles. The summed E-state index contributed by atoms with van der Waals surface area (Å²) >= 11 is 0. The van der Waals surface area contributed by atoms with E-state index < -0.39 is 0 Å².